The number of hydrogen-bond acceptors (Lipinski definition) is 0. The SMILES string of the molecule is C.C=C(C)/C=C\C(=C)c1ccc(C2CCC(C3CCC(C)CC3)CC2)cc1.CC.CC. The molecule has 2 fully saturated rings. The largest absolute Gasteiger partial charge is 0.0961 e. The quantitative estimate of drug-likeness (QED) is 0.412. The van der Waals surface area contributed by atoms with Gasteiger partial charge in [-0.3, -0.25) is 0 Å². The molecule has 1 aromatic rings. The molecule has 0 heteroatoms. The normalized spacial score (nSPS) is 25.2. The summed E-state index contributed by atoms with van der Waals surface area (Å²) in [4.78, 5) is 0. The third-order valence-electron chi connectivity index (χ3n) is 6.82. The zero-order chi connectivity index (χ0) is 22.5. The summed E-state index contributed by atoms with van der Waals surface area (Å²) < 4.78 is 0. The fourth-order valence-electron chi connectivity index (χ4n) is 4.99. The van der Waals surface area contributed by atoms with E-state index >= 15 is 0 Å². The van der Waals surface area contributed by atoms with Gasteiger partial charge in [0, 0.05) is 0 Å². The first kappa shape index (κ1) is 29.4. The van der Waals surface area contributed by atoms with Crippen LogP contribution >= 0.6 is 0 Å². The van der Waals surface area contributed by atoms with Crippen molar-refractivity contribution < 1.29 is 0 Å². The third kappa shape index (κ3) is 9.63. The molecule has 3 rings (SSSR count). The van der Waals surface area contributed by atoms with Gasteiger partial charge in [0.15, 0.2) is 0 Å². The second-order valence-corrected chi connectivity index (χ2v) is 8.96. The zero-order valence-electron chi connectivity index (χ0n) is 20.8. The van der Waals surface area contributed by atoms with Crippen molar-refractivity contribution in [1.29, 1.82) is 0 Å². The summed E-state index contributed by atoms with van der Waals surface area (Å²) in [5.41, 5.74) is 4.87. The molecule has 1 aromatic carbocycles. The first-order valence-electron chi connectivity index (χ1n) is 12.7. The number of benzene rings is 1. The summed E-state index contributed by atoms with van der Waals surface area (Å²) in [6.07, 6.45) is 15.7. The Morgan fingerprint density at radius 3 is 1.65 bits per heavy atom. The monoisotopic (exact) mass is 424 g/mol. The van der Waals surface area contributed by atoms with Crippen molar-refractivity contribution >= 4 is 5.57 Å². The number of rotatable bonds is 5. The van der Waals surface area contributed by atoms with Crippen LogP contribution in [0.2, 0.25) is 0 Å². The molecule has 0 amide bonds. The van der Waals surface area contributed by atoms with E-state index in [1.807, 2.05) is 40.7 Å². The Morgan fingerprint density at radius 2 is 1.19 bits per heavy atom. The van der Waals surface area contributed by atoms with Crippen molar-refractivity contribution in [3.63, 3.8) is 0 Å². The van der Waals surface area contributed by atoms with E-state index in [1.54, 1.807) is 0 Å². The van der Waals surface area contributed by atoms with E-state index in [0.29, 0.717) is 0 Å². The molecule has 2 saturated carbocycles. The van der Waals surface area contributed by atoms with Crippen molar-refractivity contribution in [2.75, 3.05) is 0 Å². The van der Waals surface area contributed by atoms with Crippen molar-refractivity contribution in [1.82, 2.24) is 0 Å². The summed E-state index contributed by atoms with van der Waals surface area (Å²) in [5, 5.41) is 0. The Bertz CT molecular complexity index is 629. The van der Waals surface area contributed by atoms with Crippen molar-refractivity contribution in [2.24, 2.45) is 17.8 Å². The van der Waals surface area contributed by atoms with Gasteiger partial charge in [-0.2, -0.15) is 0 Å². The van der Waals surface area contributed by atoms with Gasteiger partial charge in [0.2, 0.25) is 0 Å². The van der Waals surface area contributed by atoms with Crippen LogP contribution in [0.25, 0.3) is 5.57 Å². The Balaban J connectivity index is 0.00000170. The molecule has 0 aliphatic heterocycles. The fourth-order valence-corrected chi connectivity index (χ4v) is 4.99. The molecule has 31 heavy (non-hydrogen) atoms. The summed E-state index contributed by atoms with van der Waals surface area (Å²) in [5.74, 6) is 3.77. The Labute approximate surface area is 195 Å². The Hall–Kier alpha value is -1.56. The molecule has 0 saturated heterocycles. The lowest BCUT2D eigenvalue weighted by molar-refractivity contribution is 0.165. The molecule has 0 radical (unpaired) electrons. The number of allylic oxidation sites excluding steroid dienone is 4. The van der Waals surface area contributed by atoms with E-state index in [4.69, 9.17) is 0 Å². The van der Waals surface area contributed by atoms with E-state index in [9.17, 15) is 0 Å². The highest BCUT2D eigenvalue weighted by Crippen LogP contribution is 2.43. The standard InChI is InChI=1S/C26H36.2C2H6.CH4/c1-19(2)5-8-21(4)22-11-13-24(14-12-22)26-17-15-25(16-18-26)23-9-6-20(3)7-10-23;2*1-2;/h5,8,11-14,20,23,25-26H,1,4,6-7,9-10,15-18H2,2-3H3;2*1-2H3;1H4/b8-5-;;;. The van der Waals surface area contributed by atoms with Crippen molar-refractivity contribution in [3.8, 4) is 0 Å². The van der Waals surface area contributed by atoms with Crippen LogP contribution in [0, 0.1) is 17.8 Å². The summed E-state index contributed by atoms with van der Waals surface area (Å²) in [6, 6.07) is 9.16. The molecule has 0 aromatic heterocycles. The van der Waals surface area contributed by atoms with Crippen LogP contribution in [0.1, 0.15) is 117 Å². The molecular weight excluding hydrogens is 372 g/mol. The van der Waals surface area contributed by atoms with Crippen LogP contribution < -0.4 is 0 Å². The van der Waals surface area contributed by atoms with Gasteiger partial charge in [-0.25, -0.2) is 0 Å². The topological polar surface area (TPSA) is 0 Å². The maximum atomic E-state index is 4.18. The van der Waals surface area contributed by atoms with Gasteiger partial charge < -0.3 is 0 Å². The first-order chi connectivity index (χ1) is 14.5. The van der Waals surface area contributed by atoms with Crippen LogP contribution in [-0.4, -0.2) is 0 Å². The van der Waals surface area contributed by atoms with E-state index in [2.05, 4.69) is 50.4 Å². The summed E-state index contributed by atoms with van der Waals surface area (Å²) >= 11 is 0. The lowest BCUT2D eigenvalue weighted by Crippen LogP contribution is -2.24. The predicted molar refractivity (Wildman–Crippen MR) is 145 cm³/mol. The van der Waals surface area contributed by atoms with Gasteiger partial charge in [-0.05, 0) is 85.8 Å². The Kier molecular flexibility index (Phi) is 15.3. The highest BCUT2D eigenvalue weighted by molar-refractivity contribution is 5.72. The Morgan fingerprint density at radius 1 is 0.742 bits per heavy atom. The third-order valence-corrected chi connectivity index (χ3v) is 6.82. The van der Waals surface area contributed by atoms with Crippen molar-refractivity contribution in [2.45, 2.75) is 106 Å². The average molecular weight is 425 g/mol. The van der Waals surface area contributed by atoms with Crippen LogP contribution in [0.5, 0.6) is 0 Å². The maximum absolute atomic E-state index is 4.18. The van der Waals surface area contributed by atoms with Crippen LogP contribution in [-0.2, 0) is 0 Å². The molecule has 0 atom stereocenters. The van der Waals surface area contributed by atoms with Gasteiger partial charge in [-0.1, -0.05) is 110 Å². The minimum atomic E-state index is 0. The zero-order valence-corrected chi connectivity index (χ0v) is 20.8. The molecule has 0 spiro atoms. The smallest absolute Gasteiger partial charge is 0.0162 e. The second-order valence-electron chi connectivity index (χ2n) is 8.96. The average Bonchev–Trinajstić information content (AvgIpc) is 2.81. The van der Waals surface area contributed by atoms with Gasteiger partial charge >= 0.3 is 0 Å². The van der Waals surface area contributed by atoms with E-state index in [1.165, 1.54) is 62.5 Å². The van der Waals surface area contributed by atoms with E-state index in [-0.39, 0.29) is 7.43 Å². The summed E-state index contributed by atoms with van der Waals surface area (Å²) in [6.45, 7) is 20.5. The highest BCUT2D eigenvalue weighted by Gasteiger charge is 2.30. The molecule has 2 aliphatic rings. The molecule has 0 bridgehead atoms. The predicted octanol–water partition coefficient (Wildman–Crippen LogP) is 10.6. The molecular formula is C31H52. The van der Waals surface area contributed by atoms with E-state index < -0.39 is 0 Å². The molecule has 2 aliphatic carbocycles. The minimum Gasteiger partial charge on any atom is -0.0961 e. The molecule has 0 unspecified atom stereocenters. The van der Waals surface area contributed by atoms with Crippen molar-refractivity contribution in [3.05, 3.63) is 66.3 Å². The molecule has 0 nitrogen and oxygen atoms in total. The van der Waals surface area contributed by atoms with Crippen LogP contribution in [0.3, 0.4) is 0 Å². The van der Waals surface area contributed by atoms with E-state index in [0.717, 1.165) is 34.8 Å². The molecule has 0 heterocycles. The lowest BCUT2D eigenvalue weighted by Gasteiger charge is -2.37. The first-order valence-corrected chi connectivity index (χ1v) is 12.7. The van der Waals surface area contributed by atoms with Gasteiger partial charge in [-0.15, -0.1) is 0 Å². The van der Waals surface area contributed by atoms with Gasteiger partial charge in [0.25, 0.3) is 0 Å². The van der Waals surface area contributed by atoms with Crippen LogP contribution in [0.4, 0.5) is 0 Å². The molecule has 0 N–H and O–H groups in total. The number of hydrogen-bond donors (Lipinski definition) is 0. The van der Waals surface area contributed by atoms with Crippen LogP contribution in [0.15, 0.2) is 55.1 Å². The fraction of sp³-hybridized carbons (Fsp3) is 0.613. The molecule has 176 valence electrons. The minimum absolute atomic E-state index is 0. The summed E-state index contributed by atoms with van der Waals surface area (Å²) in [7, 11) is 0. The van der Waals surface area contributed by atoms with Gasteiger partial charge in [0.1, 0.15) is 0 Å². The second kappa shape index (κ2) is 16.1. The lowest BCUT2D eigenvalue weighted by atomic mass is 9.68. The maximum Gasteiger partial charge on any atom is -0.0162 e. The highest BCUT2D eigenvalue weighted by atomic mass is 14.4. The van der Waals surface area contributed by atoms with Gasteiger partial charge in [0.05, 0.1) is 0 Å².